The Balaban J connectivity index is 2.03. The lowest BCUT2D eigenvalue weighted by molar-refractivity contribution is 0.917. The fourth-order valence-electron chi connectivity index (χ4n) is 2.30. The van der Waals surface area contributed by atoms with Crippen LogP contribution < -0.4 is 5.32 Å². The summed E-state index contributed by atoms with van der Waals surface area (Å²) in [6, 6.07) is 2.13. The summed E-state index contributed by atoms with van der Waals surface area (Å²) in [5, 5.41) is 13.0. The Morgan fingerprint density at radius 2 is 2.35 bits per heavy atom. The number of thiophene rings is 1. The average molecular weight is 244 g/mol. The monoisotopic (exact) mass is 244 g/mol. The molecule has 0 amide bonds. The Hall–Kier alpha value is -1.67. The number of fused-ring (bicyclic) bond motifs is 3. The van der Waals surface area contributed by atoms with E-state index in [0.29, 0.717) is 13.0 Å². The van der Waals surface area contributed by atoms with E-state index in [4.69, 9.17) is 5.26 Å². The maximum absolute atomic E-state index is 8.55. The first-order valence-corrected chi connectivity index (χ1v) is 6.58. The van der Waals surface area contributed by atoms with Crippen LogP contribution in [0.25, 0.3) is 10.2 Å². The van der Waals surface area contributed by atoms with Gasteiger partial charge in [-0.1, -0.05) is 0 Å². The van der Waals surface area contributed by atoms with Crippen LogP contribution in [-0.2, 0) is 12.8 Å². The summed E-state index contributed by atoms with van der Waals surface area (Å²) in [6.07, 6.45) is 5.65. The highest BCUT2D eigenvalue weighted by molar-refractivity contribution is 7.19. The van der Waals surface area contributed by atoms with E-state index in [1.54, 1.807) is 17.7 Å². The van der Waals surface area contributed by atoms with Crippen LogP contribution >= 0.6 is 11.3 Å². The van der Waals surface area contributed by atoms with E-state index in [9.17, 15) is 0 Å². The third-order valence-electron chi connectivity index (χ3n) is 3.03. The van der Waals surface area contributed by atoms with Crippen LogP contribution in [0, 0.1) is 11.3 Å². The topological polar surface area (TPSA) is 61.6 Å². The van der Waals surface area contributed by atoms with Gasteiger partial charge in [-0.05, 0) is 24.8 Å². The second kappa shape index (κ2) is 4.30. The molecule has 0 unspecified atom stereocenters. The van der Waals surface area contributed by atoms with Crippen molar-refractivity contribution in [2.24, 2.45) is 0 Å². The van der Waals surface area contributed by atoms with Crippen molar-refractivity contribution >= 4 is 27.4 Å². The SMILES string of the molecule is N#CCCNc1ncnc2sc3c(c12)CCC3. The van der Waals surface area contributed by atoms with E-state index in [1.165, 1.54) is 28.7 Å². The van der Waals surface area contributed by atoms with Gasteiger partial charge in [-0.15, -0.1) is 11.3 Å². The molecule has 0 saturated carbocycles. The van der Waals surface area contributed by atoms with E-state index in [1.807, 2.05) is 0 Å². The van der Waals surface area contributed by atoms with E-state index in [2.05, 4.69) is 21.4 Å². The number of anilines is 1. The molecule has 0 fully saturated rings. The fraction of sp³-hybridized carbons (Fsp3) is 0.417. The molecule has 0 saturated heterocycles. The summed E-state index contributed by atoms with van der Waals surface area (Å²) >= 11 is 1.78. The van der Waals surface area contributed by atoms with Crippen molar-refractivity contribution in [2.45, 2.75) is 25.7 Å². The Morgan fingerprint density at radius 3 is 3.24 bits per heavy atom. The second-order valence-corrected chi connectivity index (χ2v) is 5.18. The maximum atomic E-state index is 8.55. The van der Waals surface area contributed by atoms with Gasteiger partial charge in [0.05, 0.1) is 17.9 Å². The molecule has 2 aromatic heterocycles. The summed E-state index contributed by atoms with van der Waals surface area (Å²) in [5.41, 5.74) is 1.42. The maximum Gasteiger partial charge on any atom is 0.138 e. The summed E-state index contributed by atoms with van der Waals surface area (Å²) in [7, 11) is 0. The van der Waals surface area contributed by atoms with Gasteiger partial charge < -0.3 is 5.32 Å². The van der Waals surface area contributed by atoms with Crippen LogP contribution in [0.1, 0.15) is 23.3 Å². The Morgan fingerprint density at radius 1 is 1.41 bits per heavy atom. The molecule has 0 spiro atoms. The minimum absolute atomic E-state index is 0.498. The number of hydrogen-bond donors (Lipinski definition) is 1. The third-order valence-corrected chi connectivity index (χ3v) is 4.23. The van der Waals surface area contributed by atoms with Crippen LogP contribution in [0.5, 0.6) is 0 Å². The molecule has 4 nitrogen and oxygen atoms in total. The van der Waals surface area contributed by atoms with Crippen LogP contribution in [-0.4, -0.2) is 16.5 Å². The van der Waals surface area contributed by atoms with Gasteiger partial charge in [0, 0.05) is 11.4 Å². The number of hydrogen-bond acceptors (Lipinski definition) is 5. The molecule has 2 aromatic rings. The lowest BCUT2D eigenvalue weighted by atomic mass is 10.2. The number of nitriles is 1. The van der Waals surface area contributed by atoms with Crippen molar-refractivity contribution in [2.75, 3.05) is 11.9 Å². The predicted octanol–water partition coefficient (Wildman–Crippen LogP) is 2.51. The smallest absolute Gasteiger partial charge is 0.138 e. The molecule has 1 N–H and O–H groups in total. The second-order valence-electron chi connectivity index (χ2n) is 4.09. The van der Waals surface area contributed by atoms with Crippen LogP contribution in [0.3, 0.4) is 0 Å². The Bertz CT molecular complexity index is 596. The molecule has 0 aliphatic heterocycles. The minimum Gasteiger partial charge on any atom is -0.368 e. The summed E-state index contributed by atoms with van der Waals surface area (Å²) < 4.78 is 0. The number of aryl methyl sites for hydroxylation is 2. The van der Waals surface area contributed by atoms with Crippen molar-refractivity contribution < 1.29 is 0 Å². The molecule has 0 aromatic carbocycles. The molecular formula is C12H12N4S. The number of nitrogens with zero attached hydrogens (tertiary/aromatic N) is 3. The largest absolute Gasteiger partial charge is 0.368 e. The van der Waals surface area contributed by atoms with Crippen molar-refractivity contribution in [3.63, 3.8) is 0 Å². The van der Waals surface area contributed by atoms with E-state index < -0.39 is 0 Å². The predicted molar refractivity (Wildman–Crippen MR) is 68.2 cm³/mol. The first-order chi connectivity index (χ1) is 8.40. The van der Waals surface area contributed by atoms with Gasteiger partial charge >= 0.3 is 0 Å². The van der Waals surface area contributed by atoms with Gasteiger partial charge in [-0.3, -0.25) is 0 Å². The highest BCUT2D eigenvalue weighted by Crippen LogP contribution is 2.38. The molecule has 1 aliphatic rings. The first kappa shape index (κ1) is 10.5. The number of nitrogens with one attached hydrogen (secondary N) is 1. The van der Waals surface area contributed by atoms with Crippen LogP contribution in [0.4, 0.5) is 5.82 Å². The fourth-order valence-corrected chi connectivity index (χ4v) is 3.53. The van der Waals surface area contributed by atoms with Gasteiger partial charge in [-0.2, -0.15) is 5.26 Å². The molecule has 3 rings (SSSR count). The van der Waals surface area contributed by atoms with Crippen molar-refractivity contribution in [3.8, 4) is 6.07 Å². The van der Waals surface area contributed by atoms with Crippen LogP contribution in [0.2, 0.25) is 0 Å². The molecule has 5 heteroatoms. The molecule has 1 aliphatic carbocycles. The number of rotatable bonds is 3. The lowest BCUT2D eigenvalue weighted by Gasteiger charge is -2.05. The zero-order chi connectivity index (χ0) is 11.7. The van der Waals surface area contributed by atoms with Gasteiger partial charge in [0.25, 0.3) is 0 Å². The van der Waals surface area contributed by atoms with E-state index in [0.717, 1.165) is 17.1 Å². The Labute approximate surface area is 103 Å². The zero-order valence-corrected chi connectivity index (χ0v) is 10.2. The molecular weight excluding hydrogens is 232 g/mol. The van der Waals surface area contributed by atoms with Gasteiger partial charge in [0.2, 0.25) is 0 Å². The molecule has 0 radical (unpaired) electrons. The highest BCUT2D eigenvalue weighted by atomic mass is 32.1. The molecule has 17 heavy (non-hydrogen) atoms. The van der Waals surface area contributed by atoms with Gasteiger partial charge in [0.15, 0.2) is 0 Å². The van der Waals surface area contributed by atoms with Crippen molar-refractivity contribution in [1.29, 1.82) is 5.26 Å². The normalized spacial score (nSPS) is 13.6. The van der Waals surface area contributed by atoms with E-state index in [-0.39, 0.29) is 0 Å². The highest BCUT2D eigenvalue weighted by Gasteiger charge is 2.20. The molecule has 86 valence electrons. The van der Waals surface area contributed by atoms with Crippen molar-refractivity contribution in [3.05, 3.63) is 16.8 Å². The molecule has 2 heterocycles. The molecule has 0 bridgehead atoms. The minimum atomic E-state index is 0.498. The quantitative estimate of drug-likeness (QED) is 0.843. The molecule has 0 atom stereocenters. The van der Waals surface area contributed by atoms with E-state index >= 15 is 0 Å². The van der Waals surface area contributed by atoms with Crippen LogP contribution in [0.15, 0.2) is 6.33 Å². The average Bonchev–Trinajstić information content (AvgIpc) is 2.89. The lowest BCUT2D eigenvalue weighted by Crippen LogP contribution is -2.03. The first-order valence-electron chi connectivity index (χ1n) is 5.76. The van der Waals surface area contributed by atoms with Gasteiger partial charge in [-0.25, -0.2) is 9.97 Å². The third kappa shape index (κ3) is 1.75. The van der Waals surface area contributed by atoms with Crippen molar-refractivity contribution in [1.82, 2.24) is 9.97 Å². The summed E-state index contributed by atoms with van der Waals surface area (Å²) in [6.45, 7) is 0.646. The summed E-state index contributed by atoms with van der Waals surface area (Å²) in [5.74, 6) is 0.893. The standard InChI is InChI=1S/C12H12N4S/c13-5-2-6-14-11-10-8-3-1-4-9(8)17-12(10)16-7-15-11/h7H,1-4,6H2,(H,14,15,16). The summed E-state index contributed by atoms with van der Waals surface area (Å²) in [4.78, 5) is 11.2. The Kier molecular flexibility index (Phi) is 2.65. The zero-order valence-electron chi connectivity index (χ0n) is 9.36. The van der Waals surface area contributed by atoms with Gasteiger partial charge in [0.1, 0.15) is 17.0 Å². The number of aromatic nitrogens is 2.